The van der Waals surface area contributed by atoms with Crippen molar-refractivity contribution in [2.45, 2.75) is 59.5 Å². The molecule has 0 saturated heterocycles. The van der Waals surface area contributed by atoms with Crippen molar-refractivity contribution in [3.05, 3.63) is 12.7 Å². The van der Waals surface area contributed by atoms with Crippen molar-refractivity contribution in [2.24, 2.45) is 16.7 Å². The number of hydrogen-bond donors (Lipinski definition) is 0. The molecule has 0 amide bonds. The van der Waals surface area contributed by atoms with Gasteiger partial charge in [-0.1, -0.05) is 13.0 Å². The molecule has 0 N–H and O–H groups in total. The van der Waals surface area contributed by atoms with Crippen LogP contribution in [-0.2, 0) is 23.9 Å². The summed E-state index contributed by atoms with van der Waals surface area (Å²) in [6, 6.07) is 0. The fourth-order valence-corrected chi connectivity index (χ4v) is 3.17. The molecule has 0 aromatic carbocycles. The van der Waals surface area contributed by atoms with Crippen LogP contribution >= 0.6 is 0 Å². The van der Waals surface area contributed by atoms with Crippen LogP contribution in [0.1, 0.15) is 53.4 Å². The standard InChI is InChI=1S/C19H30O5/c1-7-8-14-15(23-6)11-16(21)19(14,5)10-9-13(20)12-24-17(22)18(2,3)4/h7,14-15H,1,8-12H2,2-6H3/t14-,15-,19-/m0/s1. The Balaban J connectivity index is 2.63. The maximum Gasteiger partial charge on any atom is 0.311 e. The quantitative estimate of drug-likeness (QED) is 0.502. The molecule has 0 unspecified atom stereocenters. The Bertz CT molecular complexity index is 502. The Hall–Kier alpha value is -1.49. The van der Waals surface area contributed by atoms with E-state index in [0.29, 0.717) is 19.3 Å². The average molecular weight is 338 g/mol. The number of ketones is 2. The summed E-state index contributed by atoms with van der Waals surface area (Å²) >= 11 is 0. The van der Waals surface area contributed by atoms with Gasteiger partial charge in [-0.05, 0) is 33.6 Å². The largest absolute Gasteiger partial charge is 0.457 e. The number of carbonyl (C=O) groups is 3. The van der Waals surface area contributed by atoms with Crippen LogP contribution in [0.4, 0.5) is 0 Å². The molecule has 1 fully saturated rings. The lowest BCUT2D eigenvalue weighted by molar-refractivity contribution is -0.156. The van der Waals surface area contributed by atoms with Crippen LogP contribution in [0.15, 0.2) is 12.7 Å². The molecule has 0 radical (unpaired) electrons. The van der Waals surface area contributed by atoms with Gasteiger partial charge in [0.1, 0.15) is 12.4 Å². The molecule has 1 aliphatic carbocycles. The number of ether oxygens (including phenoxy) is 2. The molecule has 136 valence electrons. The van der Waals surface area contributed by atoms with Gasteiger partial charge in [-0.15, -0.1) is 6.58 Å². The fraction of sp³-hybridized carbons (Fsp3) is 0.737. The van der Waals surface area contributed by atoms with E-state index >= 15 is 0 Å². The second kappa shape index (κ2) is 8.06. The van der Waals surface area contributed by atoms with Crippen molar-refractivity contribution in [2.75, 3.05) is 13.7 Å². The summed E-state index contributed by atoms with van der Waals surface area (Å²) in [7, 11) is 1.61. The van der Waals surface area contributed by atoms with Crippen molar-refractivity contribution in [1.82, 2.24) is 0 Å². The number of hydrogen-bond acceptors (Lipinski definition) is 5. The van der Waals surface area contributed by atoms with E-state index in [4.69, 9.17) is 9.47 Å². The highest BCUT2D eigenvalue weighted by Gasteiger charge is 2.50. The molecule has 0 bridgehead atoms. The Morgan fingerprint density at radius 1 is 1.38 bits per heavy atom. The minimum atomic E-state index is -0.631. The minimum absolute atomic E-state index is 0.0254. The predicted molar refractivity (Wildman–Crippen MR) is 91.5 cm³/mol. The van der Waals surface area contributed by atoms with Gasteiger partial charge in [0.2, 0.25) is 0 Å². The van der Waals surface area contributed by atoms with Crippen LogP contribution in [0, 0.1) is 16.7 Å². The Morgan fingerprint density at radius 3 is 2.50 bits per heavy atom. The van der Waals surface area contributed by atoms with Gasteiger partial charge < -0.3 is 9.47 Å². The summed E-state index contributed by atoms with van der Waals surface area (Å²) in [4.78, 5) is 36.2. The van der Waals surface area contributed by atoms with Gasteiger partial charge in [0.05, 0.1) is 11.5 Å². The molecular formula is C19H30O5. The third-order valence-corrected chi connectivity index (χ3v) is 4.91. The molecule has 0 aliphatic heterocycles. The molecule has 5 heteroatoms. The van der Waals surface area contributed by atoms with E-state index in [-0.39, 0.29) is 36.6 Å². The zero-order chi connectivity index (χ0) is 18.5. The highest BCUT2D eigenvalue weighted by Crippen LogP contribution is 2.46. The molecule has 0 spiro atoms. The smallest absolute Gasteiger partial charge is 0.311 e. The first-order valence-electron chi connectivity index (χ1n) is 8.42. The van der Waals surface area contributed by atoms with Crippen LogP contribution in [0.2, 0.25) is 0 Å². The van der Waals surface area contributed by atoms with E-state index in [1.54, 1.807) is 34.0 Å². The first-order valence-corrected chi connectivity index (χ1v) is 8.42. The maximum atomic E-state index is 12.4. The van der Waals surface area contributed by atoms with Crippen LogP contribution in [0.25, 0.3) is 0 Å². The summed E-state index contributed by atoms with van der Waals surface area (Å²) in [6.45, 7) is 10.6. The molecule has 1 aliphatic rings. The Morgan fingerprint density at radius 2 is 2.00 bits per heavy atom. The van der Waals surface area contributed by atoms with Crippen molar-refractivity contribution >= 4 is 17.5 Å². The van der Waals surface area contributed by atoms with Gasteiger partial charge in [-0.25, -0.2) is 0 Å². The van der Waals surface area contributed by atoms with Crippen LogP contribution in [0.3, 0.4) is 0 Å². The van der Waals surface area contributed by atoms with Gasteiger partial charge in [0.15, 0.2) is 5.78 Å². The summed E-state index contributed by atoms with van der Waals surface area (Å²) in [5.41, 5.74) is -1.23. The molecule has 0 aromatic heterocycles. The number of esters is 1. The lowest BCUT2D eigenvalue weighted by Gasteiger charge is -2.31. The maximum absolute atomic E-state index is 12.4. The second-order valence-corrected chi connectivity index (χ2v) is 7.81. The van der Waals surface area contributed by atoms with E-state index < -0.39 is 16.8 Å². The van der Waals surface area contributed by atoms with E-state index in [2.05, 4.69) is 6.58 Å². The van der Waals surface area contributed by atoms with Gasteiger partial charge >= 0.3 is 5.97 Å². The van der Waals surface area contributed by atoms with Gasteiger partial charge in [-0.3, -0.25) is 14.4 Å². The molecule has 1 rings (SSSR count). The Labute approximate surface area is 144 Å². The molecule has 0 heterocycles. The summed E-state index contributed by atoms with van der Waals surface area (Å²) in [5.74, 6) is -0.416. The summed E-state index contributed by atoms with van der Waals surface area (Å²) < 4.78 is 10.5. The summed E-state index contributed by atoms with van der Waals surface area (Å²) in [5, 5.41) is 0. The SMILES string of the molecule is C=CC[C@H]1[C@@H](OC)CC(=O)[C@@]1(C)CCC(=O)COC(=O)C(C)(C)C. The number of allylic oxidation sites excluding steroid dienone is 1. The van der Waals surface area contributed by atoms with Crippen molar-refractivity contribution < 1.29 is 23.9 Å². The molecule has 0 aromatic rings. The Kier molecular flexibility index (Phi) is 6.90. The minimum Gasteiger partial charge on any atom is -0.457 e. The van der Waals surface area contributed by atoms with Crippen LogP contribution < -0.4 is 0 Å². The molecule has 5 nitrogen and oxygen atoms in total. The van der Waals surface area contributed by atoms with Gasteiger partial charge in [0.25, 0.3) is 0 Å². The number of Topliss-reactive ketones (excluding diaryl/α,β-unsaturated/α-hetero) is 2. The molecular weight excluding hydrogens is 308 g/mol. The van der Waals surface area contributed by atoms with Gasteiger partial charge in [-0.2, -0.15) is 0 Å². The topological polar surface area (TPSA) is 69.7 Å². The zero-order valence-electron chi connectivity index (χ0n) is 15.5. The van der Waals surface area contributed by atoms with E-state index in [9.17, 15) is 14.4 Å². The number of carbonyl (C=O) groups excluding carboxylic acids is 3. The fourth-order valence-electron chi connectivity index (χ4n) is 3.17. The molecule has 3 atom stereocenters. The highest BCUT2D eigenvalue weighted by molar-refractivity contribution is 5.89. The first kappa shape index (κ1) is 20.6. The lowest BCUT2D eigenvalue weighted by Crippen LogP contribution is -2.33. The average Bonchev–Trinajstić information content (AvgIpc) is 2.74. The lowest BCUT2D eigenvalue weighted by atomic mass is 9.73. The first-order chi connectivity index (χ1) is 11.1. The van der Waals surface area contributed by atoms with E-state index in [0.717, 1.165) is 0 Å². The highest BCUT2D eigenvalue weighted by atomic mass is 16.5. The second-order valence-electron chi connectivity index (χ2n) is 7.81. The number of methoxy groups -OCH3 is 1. The van der Waals surface area contributed by atoms with Gasteiger partial charge in [0, 0.05) is 31.3 Å². The normalized spacial score (nSPS) is 27.1. The summed E-state index contributed by atoms with van der Waals surface area (Å²) in [6.07, 6.45) is 3.36. The third-order valence-electron chi connectivity index (χ3n) is 4.91. The van der Waals surface area contributed by atoms with E-state index in [1.165, 1.54) is 0 Å². The zero-order valence-corrected chi connectivity index (χ0v) is 15.5. The predicted octanol–water partition coefficient (Wildman–Crippen LogP) is 3.11. The number of rotatable bonds is 8. The van der Waals surface area contributed by atoms with Crippen LogP contribution in [0.5, 0.6) is 0 Å². The van der Waals surface area contributed by atoms with E-state index in [1.807, 2.05) is 6.92 Å². The van der Waals surface area contributed by atoms with Crippen molar-refractivity contribution in [1.29, 1.82) is 0 Å². The third kappa shape index (κ3) is 4.76. The van der Waals surface area contributed by atoms with Crippen LogP contribution in [-0.4, -0.2) is 37.4 Å². The molecule has 1 saturated carbocycles. The molecule has 24 heavy (non-hydrogen) atoms. The van der Waals surface area contributed by atoms with Crippen molar-refractivity contribution in [3.63, 3.8) is 0 Å². The van der Waals surface area contributed by atoms with Crippen molar-refractivity contribution in [3.8, 4) is 0 Å². The monoisotopic (exact) mass is 338 g/mol.